The summed E-state index contributed by atoms with van der Waals surface area (Å²) in [7, 11) is -3.51. The number of anilines is 1. The third-order valence-electron chi connectivity index (χ3n) is 5.73. The number of hydrogen-bond acceptors (Lipinski definition) is 6. The summed E-state index contributed by atoms with van der Waals surface area (Å²) < 4.78 is 50.5. The standard InChI is InChI=1S/C23H26N6O5S2/c30-23(19-6-8-20(9-7-19)26-35(31)32)24-16-21-17-29(27-25-21)22-10-13-28(14-11-22)36(33,34)15-12-18-4-2-1-3-5-18/h1-9,12,15,17,22,26H,10-11,13-14,16H2,(H,24,30)(H,31,32). The maximum atomic E-state index is 12.7. The summed E-state index contributed by atoms with van der Waals surface area (Å²) in [5.74, 6) is -0.316. The van der Waals surface area contributed by atoms with E-state index in [0.717, 1.165) is 5.56 Å². The molecule has 0 radical (unpaired) electrons. The van der Waals surface area contributed by atoms with Crippen molar-refractivity contribution in [2.24, 2.45) is 0 Å². The fourth-order valence-corrected chi connectivity index (χ4v) is 5.37. The van der Waals surface area contributed by atoms with Gasteiger partial charge < -0.3 is 5.32 Å². The van der Waals surface area contributed by atoms with Crippen molar-refractivity contribution < 1.29 is 22.0 Å². The molecule has 2 heterocycles. The quantitative estimate of drug-likeness (QED) is 0.360. The summed E-state index contributed by atoms with van der Waals surface area (Å²) in [5, 5.41) is 12.3. The van der Waals surface area contributed by atoms with Crippen LogP contribution in [0.2, 0.25) is 0 Å². The van der Waals surface area contributed by atoms with Crippen LogP contribution in [-0.4, -0.2) is 55.5 Å². The summed E-state index contributed by atoms with van der Waals surface area (Å²) in [6, 6.07) is 15.4. The predicted molar refractivity (Wildman–Crippen MR) is 136 cm³/mol. The van der Waals surface area contributed by atoms with E-state index in [4.69, 9.17) is 4.55 Å². The second-order valence-electron chi connectivity index (χ2n) is 8.19. The van der Waals surface area contributed by atoms with E-state index in [9.17, 15) is 17.4 Å². The summed E-state index contributed by atoms with van der Waals surface area (Å²) in [6.45, 7) is 0.941. The molecule has 3 N–H and O–H groups in total. The summed E-state index contributed by atoms with van der Waals surface area (Å²) in [4.78, 5) is 12.4. The molecular weight excluding hydrogens is 504 g/mol. The second kappa shape index (κ2) is 11.6. The first-order valence-corrected chi connectivity index (χ1v) is 13.8. The molecule has 1 amide bonds. The average molecular weight is 531 g/mol. The van der Waals surface area contributed by atoms with Crippen molar-refractivity contribution in [2.45, 2.75) is 25.4 Å². The maximum absolute atomic E-state index is 12.7. The average Bonchev–Trinajstić information content (AvgIpc) is 3.36. The Morgan fingerprint density at radius 2 is 1.81 bits per heavy atom. The molecule has 1 unspecified atom stereocenters. The van der Waals surface area contributed by atoms with Crippen LogP contribution in [0.5, 0.6) is 0 Å². The molecule has 190 valence electrons. The number of nitrogens with one attached hydrogen (secondary N) is 2. The minimum atomic E-state index is -3.51. The van der Waals surface area contributed by atoms with Gasteiger partial charge in [-0.3, -0.25) is 14.1 Å². The maximum Gasteiger partial charge on any atom is 0.259 e. The highest BCUT2D eigenvalue weighted by molar-refractivity contribution is 7.92. The highest BCUT2D eigenvalue weighted by Crippen LogP contribution is 2.24. The highest BCUT2D eigenvalue weighted by Gasteiger charge is 2.27. The van der Waals surface area contributed by atoms with Crippen LogP contribution in [0.4, 0.5) is 5.69 Å². The molecular formula is C23H26N6O5S2. The molecule has 0 aliphatic carbocycles. The number of piperidine rings is 1. The molecule has 3 aromatic rings. The van der Waals surface area contributed by atoms with Gasteiger partial charge in [0.05, 0.1) is 18.8 Å². The number of nitrogens with zero attached hydrogens (tertiary/aromatic N) is 4. The molecule has 1 aliphatic rings. The minimum Gasteiger partial charge on any atom is -0.346 e. The van der Waals surface area contributed by atoms with Crippen LogP contribution in [0.3, 0.4) is 0 Å². The van der Waals surface area contributed by atoms with Gasteiger partial charge >= 0.3 is 0 Å². The molecule has 1 atom stereocenters. The minimum absolute atomic E-state index is 0.0172. The van der Waals surface area contributed by atoms with Gasteiger partial charge in [-0.2, -0.15) is 4.31 Å². The fourth-order valence-electron chi connectivity index (χ4n) is 3.81. The Labute approximate surface area is 211 Å². The number of amides is 1. The van der Waals surface area contributed by atoms with Crippen LogP contribution >= 0.6 is 0 Å². The monoisotopic (exact) mass is 530 g/mol. The zero-order chi connectivity index (χ0) is 25.5. The normalized spacial score (nSPS) is 16.1. The molecule has 1 aliphatic heterocycles. The third kappa shape index (κ3) is 6.85. The van der Waals surface area contributed by atoms with Crippen LogP contribution < -0.4 is 10.0 Å². The number of carbonyl (C=O) groups excluding carboxylic acids is 1. The number of hydrogen-bond donors (Lipinski definition) is 3. The SMILES string of the molecule is O=C(NCc1cn(C2CCN(S(=O)(=O)C=Cc3ccccc3)CC2)nn1)c1ccc(NS(=O)O)cc1. The van der Waals surface area contributed by atoms with E-state index in [1.165, 1.54) is 34.0 Å². The molecule has 1 aromatic heterocycles. The van der Waals surface area contributed by atoms with E-state index >= 15 is 0 Å². The lowest BCUT2D eigenvalue weighted by Gasteiger charge is -2.30. The van der Waals surface area contributed by atoms with Crippen LogP contribution in [0.15, 0.2) is 66.2 Å². The molecule has 1 saturated heterocycles. The van der Waals surface area contributed by atoms with E-state index in [-0.39, 0.29) is 18.5 Å². The zero-order valence-corrected chi connectivity index (χ0v) is 20.9. The van der Waals surface area contributed by atoms with Crippen LogP contribution in [0, 0.1) is 0 Å². The van der Waals surface area contributed by atoms with Gasteiger partial charge in [-0.1, -0.05) is 35.5 Å². The Hall–Kier alpha value is -3.39. The molecule has 0 spiro atoms. The van der Waals surface area contributed by atoms with E-state index in [2.05, 4.69) is 20.4 Å². The first kappa shape index (κ1) is 25.7. The van der Waals surface area contributed by atoms with Crippen LogP contribution in [0.25, 0.3) is 6.08 Å². The Morgan fingerprint density at radius 1 is 1.11 bits per heavy atom. The molecule has 4 rings (SSSR count). The van der Waals surface area contributed by atoms with Gasteiger partial charge in [0, 0.05) is 29.7 Å². The number of aromatic nitrogens is 3. The molecule has 11 nitrogen and oxygen atoms in total. The Kier molecular flexibility index (Phi) is 8.25. The molecule has 1 fully saturated rings. The topological polar surface area (TPSA) is 147 Å². The molecule has 2 aromatic carbocycles. The van der Waals surface area contributed by atoms with Crippen molar-refractivity contribution in [3.05, 3.63) is 83.0 Å². The van der Waals surface area contributed by atoms with Gasteiger partial charge in [0.25, 0.3) is 17.2 Å². The fraction of sp³-hybridized carbons (Fsp3) is 0.261. The zero-order valence-electron chi connectivity index (χ0n) is 19.2. The molecule has 13 heteroatoms. The number of carbonyl (C=O) groups is 1. The number of benzene rings is 2. The van der Waals surface area contributed by atoms with E-state index in [0.29, 0.717) is 42.9 Å². The van der Waals surface area contributed by atoms with Gasteiger partial charge in [0.2, 0.25) is 10.0 Å². The number of rotatable bonds is 9. The number of sulfonamides is 1. The lowest BCUT2D eigenvalue weighted by Crippen LogP contribution is -2.38. The van der Waals surface area contributed by atoms with Crippen molar-refractivity contribution in [2.75, 3.05) is 17.8 Å². The summed E-state index contributed by atoms with van der Waals surface area (Å²) in [5.41, 5.74) is 2.22. The van der Waals surface area contributed by atoms with Crippen molar-refractivity contribution in [3.63, 3.8) is 0 Å². The van der Waals surface area contributed by atoms with Gasteiger partial charge in [0.1, 0.15) is 5.69 Å². The lowest BCUT2D eigenvalue weighted by molar-refractivity contribution is 0.0950. The summed E-state index contributed by atoms with van der Waals surface area (Å²) in [6.07, 6.45) is 4.56. The van der Waals surface area contributed by atoms with Crippen molar-refractivity contribution >= 4 is 39.0 Å². The van der Waals surface area contributed by atoms with Crippen molar-refractivity contribution in [1.82, 2.24) is 24.6 Å². The van der Waals surface area contributed by atoms with Gasteiger partial charge in [-0.05, 0) is 48.7 Å². The molecule has 0 saturated carbocycles. The smallest absolute Gasteiger partial charge is 0.259 e. The van der Waals surface area contributed by atoms with E-state index in [1.807, 2.05) is 30.3 Å². The predicted octanol–water partition coefficient (Wildman–Crippen LogP) is 2.39. The van der Waals surface area contributed by atoms with Crippen LogP contribution in [-0.2, 0) is 27.8 Å². The second-order valence-corrected chi connectivity index (χ2v) is 10.7. The van der Waals surface area contributed by atoms with Crippen molar-refractivity contribution in [3.8, 4) is 0 Å². The first-order chi connectivity index (χ1) is 17.3. The Bertz CT molecular complexity index is 1330. The van der Waals surface area contributed by atoms with Crippen molar-refractivity contribution in [1.29, 1.82) is 0 Å². The lowest BCUT2D eigenvalue weighted by atomic mass is 10.1. The van der Waals surface area contributed by atoms with Gasteiger partial charge in [-0.15, -0.1) is 5.10 Å². The summed E-state index contributed by atoms with van der Waals surface area (Å²) >= 11 is -2.18. The molecule has 36 heavy (non-hydrogen) atoms. The highest BCUT2D eigenvalue weighted by atomic mass is 32.2. The van der Waals surface area contributed by atoms with E-state index < -0.39 is 21.3 Å². The Balaban J connectivity index is 1.27. The van der Waals surface area contributed by atoms with Crippen LogP contribution in [0.1, 0.15) is 40.5 Å². The third-order valence-corrected chi connectivity index (χ3v) is 7.70. The molecule has 0 bridgehead atoms. The Morgan fingerprint density at radius 3 is 2.47 bits per heavy atom. The van der Waals surface area contributed by atoms with E-state index in [1.54, 1.807) is 17.0 Å². The van der Waals surface area contributed by atoms with Gasteiger partial charge in [0.15, 0.2) is 0 Å². The largest absolute Gasteiger partial charge is 0.346 e. The first-order valence-electron chi connectivity index (χ1n) is 11.2. The van der Waals surface area contributed by atoms with Gasteiger partial charge in [-0.25, -0.2) is 17.3 Å².